The van der Waals surface area contributed by atoms with Crippen LogP contribution in [0.4, 0.5) is 10.2 Å². The molecule has 0 bridgehead atoms. The minimum Gasteiger partial charge on any atom is -0.391 e. The Morgan fingerprint density at radius 1 is 1.46 bits per heavy atom. The summed E-state index contributed by atoms with van der Waals surface area (Å²) in [6.07, 6.45) is 7.91. The largest absolute Gasteiger partial charge is 0.391 e. The van der Waals surface area contributed by atoms with E-state index >= 15 is 0 Å². The Hall–Kier alpha value is -2.39. The molecule has 1 fully saturated rings. The van der Waals surface area contributed by atoms with Gasteiger partial charge in [-0.2, -0.15) is 0 Å². The predicted molar refractivity (Wildman–Crippen MR) is 96.1 cm³/mol. The van der Waals surface area contributed by atoms with Gasteiger partial charge in [-0.05, 0) is 40.9 Å². The molecule has 2 aliphatic heterocycles. The highest BCUT2D eigenvalue weighted by Crippen LogP contribution is 2.29. The van der Waals surface area contributed by atoms with Gasteiger partial charge in [0.05, 0.1) is 18.0 Å². The first-order chi connectivity index (χ1) is 12.6. The first-order valence-corrected chi connectivity index (χ1v) is 9.07. The average Bonchev–Trinajstić information content (AvgIpc) is 3.31. The molecular weight excluding hydrogens is 405 g/mol. The lowest BCUT2D eigenvalue weighted by molar-refractivity contribution is 0.0573. The molecule has 0 saturated carbocycles. The summed E-state index contributed by atoms with van der Waals surface area (Å²) in [4.78, 5) is 26.7. The second-order valence-corrected chi connectivity index (χ2v) is 7.16. The van der Waals surface area contributed by atoms with Crippen molar-refractivity contribution in [2.75, 3.05) is 18.1 Å². The van der Waals surface area contributed by atoms with Crippen molar-refractivity contribution in [3.8, 4) is 0 Å². The molecular formula is C17H17BrFN5O2. The lowest BCUT2D eigenvalue weighted by Crippen LogP contribution is -2.41. The number of pyridine rings is 1. The Labute approximate surface area is 157 Å². The van der Waals surface area contributed by atoms with Gasteiger partial charge >= 0.3 is 0 Å². The fourth-order valence-electron chi connectivity index (χ4n) is 3.20. The van der Waals surface area contributed by atoms with Crippen LogP contribution in [0.2, 0.25) is 0 Å². The van der Waals surface area contributed by atoms with Crippen LogP contribution in [0.5, 0.6) is 0 Å². The molecule has 2 aliphatic rings. The quantitative estimate of drug-likeness (QED) is 0.796. The van der Waals surface area contributed by atoms with E-state index < -0.39 is 5.82 Å². The van der Waals surface area contributed by atoms with Crippen LogP contribution >= 0.6 is 15.9 Å². The molecule has 4 heterocycles. The maximum absolute atomic E-state index is 13.9. The number of carbonyl (C=O) groups is 1. The molecule has 9 heteroatoms. The number of hydrazine groups is 1. The van der Waals surface area contributed by atoms with E-state index in [2.05, 4.69) is 31.5 Å². The average molecular weight is 422 g/mol. The molecule has 0 aliphatic carbocycles. The van der Waals surface area contributed by atoms with Crippen LogP contribution in [-0.2, 0) is 4.84 Å². The summed E-state index contributed by atoms with van der Waals surface area (Å²) in [5.74, 6) is 0.721. The minimum atomic E-state index is -0.596. The zero-order valence-corrected chi connectivity index (χ0v) is 15.4. The topological polar surface area (TPSA) is 73.5 Å². The van der Waals surface area contributed by atoms with E-state index in [-0.39, 0.29) is 17.4 Å². The molecule has 1 amide bonds. The number of anilines is 1. The summed E-state index contributed by atoms with van der Waals surface area (Å²) >= 11 is 3.40. The fraction of sp³-hybridized carbons (Fsp3) is 0.294. The lowest BCUT2D eigenvalue weighted by Gasteiger charge is -2.32. The molecule has 136 valence electrons. The summed E-state index contributed by atoms with van der Waals surface area (Å²) in [7, 11) is 0. The lowest BCUT2D eigenvalue weighted by atomic mass is 9.95. The van der Waals surface area contributed by atoms with Crippen LogP contribution < -0.4 is 10.6 Å². The van der Waals surface area contributed by atoms with E-state index in [0.29, 0.717) is 13.1 Å². The number of piperidine rings is 1. The molecule has 26 heavy (non-hydrogen) atoms. The van der Waals surface area contributed by atoms with Crippen molar-refractivity contribution in [3.63, 3.8) is 0 Å². The molecule has 0 aromatic carbocycles. The van der Waals surface area contributed by atoms with Crippen LogP contribution in [-0.4, -0.2) is 33.9 Å². The Morgan fingerprint density at radius 3 is 3.12 bits per heavy atom. The first kappa shape index (κ1) is 17.0. The van der Waals surface area contributed by atoms with Gasteiger partial charge < -0.3 is 14.7 Å². The summed E-state index contributed by atoms with van der Waals surface area (Å²) in [5, 5.41) is 1.74. The Kier molecular flexibility index (Phi) is 4.64. The van der Waals surface area contributed by atoms with Gasteiger partial charge in [-0.1, -0.05) is 5.59 Å². The molecule has 0 spiro atoms. The number of nitrogens with one attached hydrogen (secondary N) is 2. The number of halogens is 2. The number of nitrogens with zero attached hydrogens (tertiary/aromatic N) is 3. The summed E-state index contributed by atoms with van der Waals surface area (Å²) in [5.41, 5.74) is 2.89. The van der Waals surface area contributed by atoms with E-state index in [9.17, 15) is 9.18 Å². The third-order valence-electron chi connectivity index (χ3n) is 4.52. The molecule has 1 saturated heterocycles. The van der Waals surface area contributed by atoms with E-state index in [0.717, 1.165) is 35.1 Å². The maximum Gasteiger partial charge on any atom is 0.256 e. The molecule has 2 aromatic rings. The molecule has 1 atom stereocenters. The molecule has 7 nitrogen and oxygen atoms in total. The Bertz CT molecular complexity index is 855. The van der Waals surface area contributed by atoms with Crippen molar-refractivity contribution in [2.45, 2.75) is 12.8 Å². The Balaban J connectivity index is 1.47. The second-order valence-electron chi connectivity index (χ2n) is 6.24. The van der Waals surface area contributed by atoms with Crippen LogP contribution in [0.25, 0.3) is 0 Å². The van der Waals surface area contributed by atoms with Gasteiger partial charge in [0.25, 0.3) is 5.91 Å². The number of hydrogen-bond acceptors (Lipinski definition) is 5. The summed E-state index contributed by atoms with van der Waals surface area (Å²) in [6.45, 7) is 1.08. The van der Waals surface area contributed by atoms with Crippen molar-refractivity contribution >= 4 is 27.7 Å². The van der Waals surface area contributed by atoms with Crippen molar-refractivity contribution < 1.29 is 14.0 Å². The highest BCUT2D eigenvalue weighted by Gasteiger charge is 2.31. The van der Waals surface area contributed by atoms with Gasteiger partial charge in [-0.25, -0.2) is 9.40 Å². The van der Waals surface area contributed by atoms with Gasteiger partial charge in [0.2, 0.25) is 0 Å². The van der Waals surface area contributed by atoms with Crippen LogP contribution in [0, 0.1) is 11.7 Å². The number of aromatic amines is 1. The van der Waals surface area contributed by atoms with Crippen LogP contribution in [0.3, 0.4) is 0 Å². The van der Waals surface area contributed by atoms with E-state index in [1.54, 1.807) is 9.91 Å². The third kappa shape index (κ3) is 3.32. The number of H-pyrrole nitrogens is 1. The SMILES string of the molecule is O=C(c1ccncc1F)N1CCC[C@H](C2=CN(c3cc(Br)c[nH]3)NO2)C1. The van der Waals surface area contributed by atoms with Gasteiger partial charge in [0.15, 0.2) is 5.82 Å². The number of amides is 1. The van der Waals surface area contributed by atoms with Gasteiger partial charge in [-0.3, -0.25) is 9.78 Å². The monoisotopic (exact) mass is 421 g/mol. The normalized spacial score (nSPS) is 20.1. The number of hydrogen-bond donors (Lipinski definition) is 2. The van der Waals surface area contributed by atoms with Crippen molar-refractivity contribution in [3.05, 3.63) is 58.5 Å². The zero-order chi connectivity index (χ0) is 18.1. The number of aromatic nitrogens is 2. The molecule has 2 N–H and O–H groups in total. The highest BCUT2D eigenvalue weighted by molar-refractivity contribution is 9.10. The molecule has 0 unspecified atom stereocenters. The number of carbonyl (C=O) groups excluding carboxylic acids is 1. The molecule has 0 radical (unpaired) electrons. The number of likely N-dealkylation sites (tertiary alicyclic amines) is 1. The third-order valence-corrected chi connectivity index (χ3v) is 4.98. The zero-order valence-electron chi connectivity index (χ0n) is 13.8. The van der Waals surface area contributed by atoms with Gasteiger partial charge in [-0.15, -0.1) is 0 Å². The molecule has 4 rings (SSSR count). The van der Waals surface area contributed by atoms with Crippen LogP contribution in [0.15, 0.2) is 47.2 Å². The first-order valence-electron chi connectivity index (χ1n) is 8.28. The van der Waals surface area contributed by atoms with Crippen molar-refractivity contribution in [1.82, 2.24) is 20.5 Å². The number of rotatable bonds is 3. The fourth-order valence-corrected chi connectivity index (χ4v) is 3.53. The standard InChI is InChI=1S/C17H17BrFN5O2/c18-12-6-16(21-7-12)24-10-15(26-22-24)11-2-1-5-23(9-11)17(25)13-3-4-20-8-14(13)19/h3-4,6-8,10-11,21-22H,1-2,5,9H2/t11-/m0/s1. The second kappa shape index (κ2) is 7.08. The smallest absolute Gasteiger partial charge is 0.256 e. The van der Waals surface area contributed by atoms with Crippen molar-refractivity contribution in [1.29, 1.82) is 0 Å². The van der Waals surface area contributed by atoms with Gasteiger partial charge in [0.1, 0.15) is 11.6 Å². The minimum absolute atomic E-state index is 0.0495. The van der Waals surface area contributed by atoms with Crippen LogP contribution in [0.1, 0.15) is 23.2 Å². The van der Waals surface area contributed by atoms with E-state index in [4.69, 9.17) is 4.84 Å². The Morgan fingerprint density at radius 2 is 2.35 bits per heavy atom. The summed E-state index contributed by atoms with van der Waals surface area (Å²) < 4.78 is 14.8. The highest BCUT2D eigenvalue weighted by atomic mass is 79.9. The van der Waals surface area contributed by atoms with E-state index in [1.807, 2.05) is 18.5 Å². The van der Waals surface area contributed by atoms with E-state index in [1.165, 1.54) is 12.3 Å². The predicted octanol–water partition coefficient (Wildman–Crippen LogP) is 2.96. The van der Waals surface area contributed by atoms with Gasteiger partial charge in [0, 0.05) is 35.9 Å². The maximum atomic E-state index is 13.9. The molecule has 2 aromatic heterocycles. The van der Waals surface area contributed by atoms with Crippen molar-refractivity contribution in [2.24, 2.45) is 5.92 Å². The summed E-state index contributed by atoms with van der Waals surface area (Å²) in [6, 6.07) is 3.33.